The summed E-state index contributed by atoms with van der Waals surface area (Å²) >= 11 is 0. The van der Waals surface area contributed by atoms with Crippen molar-refractivity contribution in [3.8, 4) is 16.9 Å². The van der Waals surface area contributed by atoms with Gasteiger partial charge in [-0.2, -0.15) is 5.10 Å². The number of benzene rings is 3. The molecule has 0 saturated carbocycles. The van der Waals surface area contributed by atoms with E-state index in [2.05, 4.69) is 41.3 Å². The van der Waals surface area contributed by atoms with Gasteiger partial charge in [0, 0.05) is 30.7 Å². The maximum absolute atomic E-state index is 12.6. The third-order valence-electron chi connectivity index (χ3n) is 5.45. The Bertz CT molecular complexity index is 1160. The van der Waals surface area contributed by atoms with E-state index in [-0.39, 0.29) is 12.6 Å². The molecule has 6 heteroatoms. The standard InChI is InChI=1S/C27H28N4O2/c1-3-30(4-2)24-14-12-23(13-15-24)28-27(32)26-18-19-31(29-26)20-33-25-16-10-22(11-17-25)21-8-6-5-7-9-21/h5-19H,3-4,20H2,1-2H3,(H,28,32). The van der Waals surface area contributed by atoms with Crippen molar-refractivity contribution in [1.29, 1.82) is 0 Å². The maximum Gasteiger partial charge on any atom is 0.276 e. The fourth-order valence-corrected chi connectivity index (χ4v) is 3.61. The van der Waals surface area contributed by atoms with Crippen LogP contribution < -0.4 is 15.0 Å². The van der Waals surface area contributed by atoms with Gasteiger partial charge in [-0.15, -0.1) is 0 Å². The van der Waals surface area contributed by atoms with Gasteiger partial charge >= 0.3 is 0 Å². The van der Waals surface area contributed by atoms with Crippen molar-refractivity contribution in [3.63, 3.8) is 0 Å². The molecule has 33 heavy (non-hydrogen) atoms. The topological polar surface area (TPSA) is 59.4 Å². The Balaban J connectivity index is 1.32. The molecule has 4 rings (SSSR count). The SMILES string of the molecule is CCN(CC)c1ccc(NC(=O)c2ccn(COc3ccc(-c4ccccc4)cc3)n2)cc1. The van der Waals surface area contributed by atoms with Gasteiger partial charge in [0.05, 0.1) is 0 Å². The smallest absolute Gasteiger partial charge is 0.276 e. The van der Waals surface area contributed by atoms with Gasteiger partial charge in [0.25, 0.3) is 5.91 Å². The van der Waals surface area contributed by atoms with Crippen molar-refractivity contribution in [2.75, 3.05) is 23.3 Å². The van der Waals surface area contributed by atoms with E-state index in [9.17, 15) is 4.79 Å². The lowest BCUT2D eigenvalue weighted by atomic mass is 10.1. The highest BCUT2D eigenvalue weighted by Crippen LogP contribution is 2.22. The van der Waals surface area contributed by atoms with Crippen LogP contribution in [0.2, 0.25) is 0 Å². The second-order valence-corrected chi connectivity index (χ2v) is 7.58. The number of nitrogens with one attached hydrogen (secondary N) is 1. The van der Waals surface area contributed by atoms with Crippen LogP contribution in [0.15, 0.2) is 91.1 Å². The minimum absolute atomic E-state index is 0.219. The van der Waals surface area contributed by atoms with Crippen molar-refractivity contribution < 1.29 is 9.53 Å². The molecule has 4 aromatic rings. The number of carbonyl (C=O) groups is 1. The van der Waals surface area contributed by atoms with E-state index in [4.69, 9.17) is 4.74 Å². The quantitative estimate of drug-likeness (QED) is 0.363. The average molecular weight is 441 g/mol. The number of hydrogen-bond acceptors (Lipinski definition) is 4. The second kappa shape index (κ2) is 10.5. The van der Waals surface area contributed by atoms with Crippen LogP contribution in [0, 0.1) is 0 Å². The predicted octanol–water partition coefficient (Wildman–Crippen LogP) is 5.69. The first-order valence-corrected chi connectivity index (χ1v) is 11.1. The minimum atomic E-state index is -0.253. The van der Waals surface area contributed by atoms with Crippen molar-refractivity contribution in [1.82, 2.24) is 9.78 Å². The van der Waals surface area contributed by atoms with Gasteiger partial charge in [-0.05, 0) is 67.4 Å². The summed E-state index contributed by atoms with van der Waals surface area (Å²) in [5, 5.41) is 7.23. The first-order valence-electron chi connectivity index (χ1n) is 11.1. The van der Waals surface area contributed by atoms with Gasteiger partial charge in [0.2, 0.25) is 0 Å². The molecule has 0 fully saturated rings. The normalized spacial score (nSPS) is 10.6. The molecule has 0 aliphatic heterocycles. The van der Waals surface area contributed by atoms with E-state index in [0.29, 0.717) is 5.69 Å². The molecule has 0 aliphatic rings. The van der Waals surface area contributed by atoms with Crippen LogP contribution in [0.4, 0.5) is 11.4 Å². The number of rotatable bonds is 9. The lowest BCUT2D eigenvalue weighted by molar-refractivity contribution is 0.102. The number of aromatic nitrogens is 2. The number of hydrogen-bond donors (Lipinski definition) is 1. The molecule has 1 heterocycles. The number of amides is 1. The molecule has 0 unspecified atom stereocenters. The Kier molecular flexibility index (Phi) is 7.05. The van der Waals surface area contributed by atoms with Crippen molar-refractivity contribution >= 4 is 17.3 Å². The molecule has 0 radical (unpaired) electrons. The monoisotopic (exact) mass is 440 g/mol. The molecule has 168 valence electrons. The Hall–Kier alpha value is -4.06. The van der Waals surface area contributed by atoms with Gasteiger partial charge in [-0.1, -0.05) is 42.5 Å². The fourth-order valence-electron chi connectivity index (χ4n) is 3.61. The molecular formula is C27H28N4O2. The summed E-state index contributed by atoms with van der Waals surface area (Å²) in [6, 6.07) is 27.6. The summed E-state index contributed by atoms with van der Waals surface area (Å²) in [6.07, 6.45) is 1.73. The number of ether oxygens (including phenoxy) is 1. The first kappa shape index (κ1) is 22.1. The Morgan fingerprint density at radius 1 is 0.879 bits per heavy atom. The van der Waals surface area contributed by atoms with Crippen molar-refractivity contribution in [3.05, 3.63) is 96.8 Å². The van der Waals surface area contributed by atoms with Crippen LogP contribution in [0.1, 0.15) is 24.3 Å². The summed E-state index contributed by atoms with van der Waals surface area (Å²) in [4.78, 5) is 14.8. The lowest BCUT2D eigenvalue weighted by Gasteiger charge is -2.21. The van der Waals surface area contributed by atoms with Gasteiger partial charge in [0.1, 0.15) is 5.75 Å². The lowest BCUT2D eigenvalue weighted by Crippen LogP contribution is -2.21. The Morgan fingerprint density at radius 3 is 2.21 bits per heavy atom. The molecule has 1 aromatic heterocycles. The van der Waals surface area contributed by atoms with E-state index in [1.807, 2.05) is 66.7 Å². The Labute approximate surface area is 194 Å². The molecule has 3 aromatic carbocycles. The number of carbonyl (C=O) groups excluding carboxylic acids is 1. The summed E-state index contributed by atoms with van der Waals surface area (Å²) < 4.78 is 7.42. The maximum atomic E-state index is 12.6. The number of nitrogens with zero attached hydrogens (tertiary/aromatic N) is 3. The summed E-state index contributed by atoms with van der Waals surface area (Å²) in [5.41, 5.74) is 4.50. The Morgan fingerprint density at radius 2 is 1.55 bits per heavy atom. The van der Waals surface area contributed by atoms with E-state index in [1.54, 1.807) is 16.9 Å². The highest BCUT2D eigenvalue weighted by atomic mass is 16.5. The van der Waals surface area contributed by atoms with E-state index < -0.39 is 0 Å². The van der Waals surface area contributed by atoms with Crippen LogP contribution >= 0.6 is 0 Å². The highest BCUT2D eigenvalue weighted by Gasteiger charge is 2.11. The summed E-state index contributed by atoms with van der Waals surface area (Å²) in [5.74, 6) is 0.487. The van der Waals surface area contributed by atoms with Crippen LogP contribution in [0.25, 0.3) is 11.1 Å². The van der Waals surface area contributed by atoms with Gasteiger partial charge < -0.3 is 15.0 Å². The zero-order valence-electron chi connectivity index (χ0n) is 18.9. The molecule has 6 nitrogen and oxygen atoms in total. The molecule has 0 spiro atoms. The van der Waals surface area contributed by atoms with E-state index >= 15 is 0 Å². The van der Waals surface area contributed by atoms with Gasteiger partial charge in [-0.3, -0.25) is 4.79 Å². The van der Waals surface area contributed by atoms with Gasteiger partial charge in [-0.25, -0.2) is 4.68 Å². The fraction of sp³-hybridized carbons (Fsp3) is 0.185. The third kappa shape index (κ3) is 5.60. The van der Waals surface area contributed by atoms with E-state index in [0.717, 1.165) is 41.3 Å². The third-order valence-corrected chi connectivity index (χ3v) is 5.45. The van der Waals surface area contributed by atoms with Crippen molar-refractivity contribution in [2.24, 2.45) is 0 Å². The van der Waals surface area contributed by atoms with Crippen LogP contribution in [-0.2, 0) is 6.73 Å². The van der Waals surface area contributed by atoms with E-state index in [1.165, 1.54) is 0 Å². The van der Waals surface area contributed by atoms with Crippen LogP contribution in [-0.4, -0.2) is 28.8 Å². The zero-order valence-corrected chi connectivity index (χ0v) is 18.9. The predicted molar refractivity (Wildman–Crippen MR) is 133 cm³/mol. The zero-order chi connectivity index (χ0) is 23.0. The molecule has 0 aliphatic carbocycles. The molecule has 1 N–H and O–H groups in total. The highest BCUT2D eigenvalue weighted by molar-refractivity contribution is 6.02. The molecular weight excluding hydrogens is 412 g/mol. The molecule has 0 bridgehead atoms. The molecule has 1 amide bonds. The van der Waals surface area contributed by atoms with Crippen molar-refractivity contribution in [2.45, 2.75) is 20.6 Å². The summed E-state index contributed by atoms with van der Waals surface area (Å²) in [6.45, 7) is 6.35. The van der Waals surface area contributed by atoms with Crippen LogP contribution in [0.5, 0.6) is 5.75 Å². The van der Waals surface area contributed by atoms with Crippen LogP contribution in [0.3, 0.4) is 0 Å². The van der Waals surface area contributed by atoms with Gasteiger partial charge in [0.15, 0.2) is 12.4 Å². The minimum Gasteiger partial charge on any atom is -0.471 e. The number of anilines is 2. The molecule has 0 atom stereocenters. The second-order valence-electron chi connectivity index (χ2n) is 7.58. The largest absolute Gasteiger partial charge is 0.471 e. The summed E-state index contributed by atoms with van der Waals surface area (Å²) in [7, 11) is 0. The first-order chi connectivity index (χ1) is 16.2. The molecule has 0 saturated heterocycles. The average Bonchev–Trinajstić information content (AvgIpc) is 3.35.